The number of nitrogens with zero attached hydrogens (tertiary/aromatic N) is 1. The van der Waals surface area contributed by atoms with E-state index >= 15 is 0 Å². The van der Waals surface area contributed by atoms with Gasteiger partial charge in [-0.3, -0.25) is 9.89 Å². The average molecular weight is 225 g/mol. The zero-order valence-electron chi connectivity index (χ0n) is 10.0. The van der Waals surface area contributed by atoms with Crippen molar-refractivity contribution >= 4 is 5.91 Å². The van der Waals surface area contributed by atoms with Gasteiger partial charge in [-0.1, -0.05) is 13.8 Å². The quantitative estimate of drug-likeness (QED) is 0.764. The molecular formula is C11H19N3O2. The van der Waals surface area contributed by atoms with Crippen LogP contribution in [0.4, 0.5) is 0 Å². The lowest BCUT2D eigenvalue weighted by molar-refractivity contribution is 0.0921. The van der Waals surface area contributed by atoms with E-state index in [0.29, 0.717) is 18.7 Å². The summed E-state index contributed by atoms with van der Waals surface area (Å²) in [6, 6.07) is 0. The molecule has 5 nitrogen and oxygen atoms in total. The first-order valence-electron chi connectivity index (χ1n) is 5.31. The fourth-order valence-corrected chi connectivity index (χ4v) is 1.26. The maximum Gasteiger partial charge on any atom is 0.254 e. The molecule has 1 rings (SSSR count). The van der Waals surface area contributed by atoms with Crippen molar-refractivity contribution in [1.29, 1.82) is 0 Å². The van der Waals surface area contributed by atoms with E-state index in [-0.39, 0.29) is 11.3 Å². The molecule has 0 aliphatic carbocycles. The number of hydrogen-bond donors (Lipinski definition) is 2. The highest BCUT2D eigenvalue weighted by atomic mass is 16.5. The maximum absolute atomic E-state index is 11.6. The Hall–Kier alpha value is -1.36. The highest BCUT2D eigenvalue weighted by Gasteiger charge is 2.19. The summed E-state index contributed by atoms with van der Waals surface area (Å²) in [5.74, 6) is -0.0979. The van der Waals surface area contributed by atoms with Gasteiger partial charge in [0.25, 0.3) is 5.91 Å². The lowest BCUT2D eigenvalue weighted by Crippen LogP contribution is -2.34. The second kappa shape index (κ2) is 5.65. The van der Waals surface area contributed by atoms with Crippen LogP contribution < -0.4 is 5.32 Å². The van der Waals surface area contributed by atoms with Crippen LogP contribution in [0.2, 0.25) is 0 Å². The number of aromatic nitrogens is 2. The van der Waals surface area contributed by atoms with E-state index in [1.165, 1.54) is 6.20 Å². The molecule has 0 spiro atoms. The third-order valence-corrected chi connectivity index (χ3v) is 2.47. The summed E-state index contributed by atoms with van der Waals surface area (Å²) in [5, 5.41) is 9.22. The molecule has 0 bridgehead atoms. The van der Waals surface area contributed by atoms with E-state index < -0.39 is 0 Å². The minimum Gasteiger partial charge on any atom is -0.385 e. The minimum atomic E-state index is -0.0979. The molecule has 5 heteroatoms. The van der Waals surface area contributed by atoms with Crippen LogP contribution in [-0.2, 0) is 4.74 Å². The molecule has 1 heterocycles. The normalized spacial score (nSPS) is 11.4. The zero-order valence-corrected chi connectivity index (χ0v) is 10.0. The van der Waals surface area contributed by atoms with Gasteiger partial charge in [0, 0.05) is 26.5 Å². The number of rotatable bonds is 6. The number of amides is 1. The van der Waals surface area contributed by atoms with E-state index in [1.807, 2.05) is 0 Å². The monoisotopic (exact) mass is 225 g/mol. The molecular weight excluding hydrogens is 206 g/mol. The van der Waals surface area contributed by atoms with Crippen LogP contribution in [-0.4, -0.2) is 36.4 Å². The number of nitrogens with one attached hydrogen (secondary N) is 2. The van der Waals surface area contributed by atoms with Crippen LogP contribution in [0.25, 0.3) is 0 Å². The number of H-pyrrole nitrogens is 1. The number of hydrogen-bond acceptors (Lipinski definition) is 3. The Morgan fingerprint density at radius 1 is 1.62 bits per heavy atom. The number of carbonyl (C=O) groups excluding carboxylic acids is 1. The maximum atomic E-state index is 11.6. The largest absolute Gasteiger partial charge is 0.385 e. The lowest BCUT2D eigenvalue weighted by Gasteiger charge is -2.24. The molecule has 0 saturated carbocycles. The molecule has 0 aliphatic heterocycles. The van der Waals surface area contributed by atoms with E-state index in [4.69, 9.17) is 4.74 Å². The Morgan fingerprint density at radius 2 is 2.38 bits per heavy atom. The van der Waals surface area contributed by atoms with Crippen molar-refractivity contribution in [3.8, 4) is 0 Å². The van der Waals surface area contributed by atoms with Crippen LogP contribution in [0.5, 0.6) is 0 Å². The van der Waals surface area contributed by atoms with Crippen molar-refractivity contribution in [1.82, 2.24) is 15.5 Å². The van der Waals surface area contributed by atoms with Gasteiger partial charge < -0.3 is 10.1 Å². The van der Waals surface area contributed by atoms with Gasteiger partial charge in [0.1, 0.15) is 0 Å². The Kier molecular flexibility index (Phi) is 4.49. The first kappa shape index (κ1) is 12.7. The van der Waals surface area contributed by atoms with E-state index in [1.54, 1.807) is 13.3 Å². The molecule has 0 fully saturated rings. The van der Waals surface area contributed by atoms with Crippen molar-refractivity contribution in [2.45, 2.75) is 20.3 Å². The average Bonchev–Trinajstić information content (AvgIpc) is 2.77. The van der Waals surface area contributed by atoms with Gasteiger partial charge in [0.05, 0.1) is 11.8 Å². The summed E-state index contributed by atoms with van der Waals surface area (Å²) in [6.07, 6.45) is 4.00. The van der Waals surface area contributed by atoms with Crippen LogP contribution in [0, 0.1) is 5.41 Å². The first-order valence-corrected chi connectivity index (χ1v) is 5.31. The molecule has 2 N–H and O–H groups in total. The van der Waals surface area contributed by atoms with Crippen molar-refractivity contribution in [2.75, 3.05) is 20.3 Å². The van der Waals surface area contributed by atoms with Gasteiger partial charge in [0.2, 0.25) is 0 Å². The Bertz CT molecular complexity index is 320. The van der Waals surface area contributed by atoms with Crippen LogP contribution >= 0.6 is 0 Å². The first-order chi connectivity index (χ1) is 7.55. The van der Waals surface area contributed by atoms with Crippen LogP contribution in [0.1, 0.15) is 30.6 Å². The molecule has 0 atom stereocenters. The molecule has 1 aromatic rings. The second-order valence-corrected chi connectivity index (χ2v) is 4.58. The molecule has 16 heavy (non-hydrogen) atoms. The predicted molar refractivity (Wildman–Crippen MR) is 61.2 cm³/mol. The van der Waals surface area contributed by atoms with Gasteiger partial charge in [-0.05, 0) is 11.8 Å². The molecule has 0 unspecified atom stereocenters. The third-order valence-electron chi connectivity index (χ3n) is 2.47. The van der Waals surface area contributed by atoms with Crippen molar-refractivity contribution < 1.29 is 9.53 Å². The summed E-state index contributed by atoms with van der Waals surface area (Å²) >= 11 is 0. The van der Waals surface area contributed by atoms with Crippen molar-refractivity contribution in [3.63, 3.8) is 0 Å². The van der Waals surface area contributed by atoms with E-state index in [0.717, 1.165) is 6.42 Å². The number of aromatic amines is 1. The number of carbonyl (C=O) groups is 1. The van der Waals surface area contributed by atoms with Crippen molar-refractivity contribution in [3.05, 3.63) is 18.0 Å². The Morgan fingerprint density at radius 3 is 2.94 bits per heavy atom. The zero-order chi connectivity index (χ0) is 12.0. The molecule has 1 amide bonds. The van der Waals surface area contributed by atoms with Gasteiger partial charge in [0.15, 0.2) is 0 Å². The second-order valence-electron chi connectivity index (χ2n) is 4.58. The molecule has 1 aromatic heterocycles. The molecule has 0 aromatic carbocycles. The fraction of sp³-hybridized carbons (Fsp3) is 0.636. The molecule has 0 radical (unpaired) electrons. The van der Waals surface area contributed by atoms with Gasteiger partial charge in [-0.2, -0.15) is 5.10 Å². The number of ether oxygens (including phenoxy) is 1. The summed E-state index contributed by atoms with van der Waals surface area (Å²) in [6.45, 7) is 5.53. The minimum absolute atomic E-state index is 0.0371. The fourth-order valence-electron chi connectivity index (χ4n) is 1.26. The topological polar surface area (TPSA) is 67.0 Å². The van der Waals surface area contributed by atoms with Gasteiger partial charge >= 0.3 is 0 Å². The smallest absolute Gasteiger partial charge is 0.254 e. The standard InChI is InChI=1S/C11H19N3O2/c1-11(2,4-5-16-3)8-12-10(15)9-6-13-14-7-9/h6-7H,4-5,8H2,1-3H3,(H,12,15)(H,13,14). The van der Waals surface area contributed by atoms with Crippen molar-refractivity contribution in [2.24, 2.45) is 5.41 Å². The number of methoxy groups -OCH3 is 1. The van der Waals surface area contributed by atoms with E-state index in [2.05, 4.69) is 29.4 Å². The summed E-state index contributed by atoms with van der Waals surface area (Å²) < 4.78 is 5.03. The summed E-state index contributed by atoms with van der Waals surface area (Å²) in [4.78, 5) is 11.6. The summed E-state index contributed by atoms with van der Waals surface area (Å²) in [5.41, 5.74) is 0.595. The SMILES string of the molecule is COCCC(C)(C)CNC(=O)c1cn[nH]c1. The highest BCUT2D eigenvalue weighted by Crippen LogP contribution is 2.18. The van der Waals surface area contributed by atoms with Gasteiger partial charge in [-0.25, -0.2) is 0 Å². The third kappa shape index (κ3) is 4.02. The predicted octanol–water partition coefficient (Wildman–Crippen LogP) is 1.20. The van der Waals surface area contributed by atoms with E-state index in [9.17, 15) is 4.79 Å². The van der Waals surface area contributed by atoms with Crippen LogP contribution in [0.15, 0.2) is 12.4 Å². The lowest BCUT2D eigenvalue weighted by atomic mass is 9.89. The molecule has 90 valence electrons. The molecule has 0 aliphatic rings. The van der Waals surface area contributed by atoms with Crippen LogP contribution in [0.3, 0.4) is 0 Å². The highest BCUT2D eigenvalue weighted by molar-refractivity contribution is 5.93. The summed E-state index contributed by atoms with van der Waals surface area (Å²) in [7, 11) is 1.68. The Labute approximate surface area is 95.6 Å². The Balaban J connectivity index is 2.36. The van der Waals surface area contributed by atoms with Gasteiger partial charge in [-0.15, -0.1) is 0 Å². The molecule has 0 saturated heterocycles.